The Bertz CT molecular complexity index is 586. The van der Waals surface area contributed by atoms with Gasteiger partial charge in [-0.25, -0.2) is 4.39 Å². The molecular weight excluding hydrogens is 299 g/mol. The summed E-state index contributed by atoms with van der Waals surface area (Å²) in [5, 5.41) is 0. The Morgan fingerprint density at radius 2 is 1.96 bits per heavy atom. The first-order valence-electron chi connectivity index (χ1n) is 9.33. The van der Waals surface area contributed by atoms with Crippen molar-refractivity contribution in [2.24, 2.45) is 11.8 Å². The Labute approximate surface area is 146 Å². The molecule has 0 aromatic heterocycles. The molecule has 0 spiro atoms. The van der Waals surface area contributed by atoms with Gasteiger partial charge in [-0.15, -0.1) is 0 Å². The molecule has 1 nitrogen and oxygen atoms in total. The van der Waals surface area contributed by atoms with E-state index in [-0.39, 0.29) is 5.82 Å². The highest BCUT2D eigenvalue weighted by Gasteiger charge is 2.18. The van der Waals surface area contributed by atoms with Gasteiger partial charge in [0, 0.05) is 6.07 Å². The third-order valence-corrected chi connectivity index (χ3v) is 4.66. The molecule has 1 aromatic rings. The second kappa shape index (κ2) is 10.2. The summed E-state index contributed by atoms with van der Waals surface area (Å²) in [5.41, 5.74) is 0.426. The summed E-state index contributed by atoms with van der Waals surface area (Å²) in [6.45, 7) is 4.90. The lowest BCUT2D eigenvalue weighted by molar-refractivity contribution is 0.294. The lowest BCUT2D eigenvalue weighted by atomic mass is 9.80. The molecule has 0 heterocycles. The molecule has 0 unspecified atom stereocenters. The molecule has 2 rings (SSSR count). The summed E-state index contributed by atoms with van der Waals surface area (Å²) < 4.78 is 19.4. The maximum absolute atomic E-state index is 14.0. The molecule has 0 saturated heterocycles. The molecule has 0 atom stereocenters. The Hall–Kier alpha value is -1.75. The molecule has 0 amide bonds. The maximum atomic E-state index is 14.0. The van der Waals surface area contributed by atoms with Crippen LogP contribution in [0.15, 0.2) is 30.4 Å². The molecule has 1 aromatic carbocycles. The van der Waals surface area contributed by atoms with E-state index in [1.807, 2.05) is 13.0 Å². The van der Waals surface area contributed by atoms with Gasteiger partial charge in [-0.05, 0) is 62.1 Å². The van der Waals surface area contributed by atoms with Crippen LogP contribution in [0.1, 0.15) is 64.4 Å². The topological polar surface area (TPSA) is 9.23 Å². The van der Waals surface area contributed by atoms with Gasteiger partial charge in [-0.2, -0.15) is 0 Å². The van der Waals surface area contributed by atoms with Crippen molar-refractivity contribution in [1.29, 1.82) is 0 Å². The van der Waals surface area contributed by atoms with Gasteiger partial charge >= 0.3 is 0 Å². The van der Waals surface area contributed by atoms with Crippen LogP contribution in [0.4, 0.5) is 4.39 Å². The van der Waals surface area contributed by atoms with E-state index in [0.717, 1.165) is 12.3 Å². The lowest BCUT2D eigenvalue weighted by Gasteiger charge is -2.26. The number of rotatable bonds is 6. The highest BCUT2D eigenvalue weighted by Crippen LogP contribution is 2.32. The third-order valence-electron chi connectivity index (χ3n) is 4.66. The van der Waals surface area contributed by atoms with E-state index in [2.05, 4.69) is 24.8 Å². The Morgan fingerprint density at radius 1 is 1.17 bits per heavy atom. The van der Waals surface area contributed by atoms with E-state index in [9.17, 15) is 4.39 Å². The number of hydrogen-bond acceptors (Lipinski definition) is 1. The molecular formula is C22H29FO. The molecule has 1 aliphatic rings. The van der Waals surface area contributed by atoms with Crippen molar-refractivity contribution in [1.82, 2.24) is 0 Å². The van der Waals surface area contributed by atoms with Crippen LogP contribution in [-0.2, 0) is 0 Å². The fraction of sp³-hybridized carbons (Fsp3) is 0.545. The Morgan fingerprint density at radius 3 is 2.62 bits per heavy atom. The van der Waals surface area contributed by atoms with E-state index >= 15 is 0 Å². The summed E-state index contributed by atoms with van der Waals surface area (Å²) in [5.74, 6) is 7.69. The van der Waals surface area contributed by atoms with Crippen LogP contribution >= 0.6 is 0 Å². The van der Waals surface area contributed by atoms with Crippen LogP contribution in [0.5, 0.6) is 5.75 Å². The summed E-state index contributed by atoms with van der Waals surface area (Å²) in [4.78, 5) is 0. The fourth-order valence-corrected chi connectivity index (χ4v) is 3.29. The molecule has 1 saturated carbocycles. The van der Waals surface area contributed by atoms with Gasteiger partial charge in [0.05, 0.1) is 12.2 Å². The summed E-state index contributed by atoms with van der Waals surface area (Å²) in [7, 11) is 0. The van der Waals surface area contributed by atoms with Crippen LogP contribution in [-0.4, -0.2) is 6.61 Å². The summed E-state index contributed by atoms with van der Waals surface area (Å²) in [6.07, 6.45) is 12.9. The van der Waals surface area contributed by atoms with Crippen molar-refractivity contribution >= 4 is 0 Å². The minimum absolute atomic E-state index is 0.315. The fourth-order valence-electron chi connectivity index (χ4n) is 3.29. The largest absolute Gasteiger partial charge is 0.494 e. The average molecular weight is 328 g/mol. The predicted octanol–water partition coefficient (Wildman–Crippen LogP) is 6.13. The van der Waals surface area contributed by atoms with Crippen LogP contribution < -0.4 is 4.74 Å². The van der Waals surface area contributed by atoms with Crippen LogP contribution in [0, 0.1) is 29.5 Å². The zero-order valence-electron chi connectivity index (χ0n) is 15.0. The first kappa shape index (κ1) is 18.6. The molecule has 0 aliphatic heterocycles. The predicted molar refractivity (Wildman–Crippen MR) is 98.6 cm³/mol. The normalized spacial score (nSPS) is 20.6. The molecule has 130 valence electrons. The van der Waals surface area contributed by atoms with Crippen molar-refractivity contribution in [3.8, 4) is 17.6 Å². The van der Waals surface area contributed by atoms with Crippen LogP contribution in [0.3, 0.4) is 0 Å². The Balaban J connectivity index is 1.84. The SMILES string of the molecule is CCCOc1ccc(C#CC=C[C@H]2CC[C@H](CCC)CC2)c(F)c1. The van der Waals surface area contributed by atoms with Gasteiger partial charge in [0.25, 0.3) is 0 Å². The van der Waals surface area contributed by atoms with Crippen molar-refractivity contribution < 1.29 is 9.13 Å². The molecule has 2 heteroatoms. The second-order valence-corrected chi connectivity index (χ2v) is 6.69. The monoisotopic (exact) mass is 328 g/mol. The van der Waals surface area contributed by atoms with E-state index in [4.69, 9.17) is 4.74 Å². The third kappa shape index (κ3) is 6.04. The highest BCUT2D eigenvalue weighted by atomic mass is 19.1. The second-order valence-electron chi connectivity index (χ2n) is 6.69. The molecule has 0 bridgehead atoms. The van der Waals surface area contributed by atoms with Crippen molar-refractivity contribution in [3.05, 3.63) is 41.7 Å². The lowest BCUT2D eigenvalue weighted by Crippen LogP contribution is -2.12. The number of halogens is 1. The number of benzene rings is 1. The quantitative estimate of drug-likeness (QED) is 0.571. The molecule has 0 radical (unpaired) electrons. The van der Waals surface area contributed by atoms with Crippen LogP contribution in [0.2, 0.25) is 0 Å². The first-order chi connectivity index (χ1) is 11.7. The van der Waals surface area contributed by atoms with E-state index in [1.54, 1.807) is 12.1 Å². The molecule has 24 heavy (non-hydrogen) atoms. The van der Waals surface area contributed by atoms with Gasteiger partial charge in [-0.1, -0.05) is 44.6 Å². The smallest absolute Gasteiger partial charge is 0.142 e. The molecule has 1 aliphatic carbocycles. The molecule has 1 fully saturated rings. The van der Waals surface area contributed by atoms with Crippen molar-refractivity contribution in [3.63, 3.8) is 0 Å². The standard InChI is InChI=1S/C22H29FO/c1-3-7-18-10-12-19(13-11-18)8-5-6-9-20-14-15-21(17-22(20)23)24-16-4-2/h5,8,14-15,17-19H,3-4,7,10-13,16H2,1-2H3/t18-,19-. The van der Waals surface area contributed by atoms with E-state index in [0.29, 0.717) is 23.8 Å². The summed E-state index contributed by atoms with van der Waals surface area (Å²) >= 11 is 0. The minimum Gasteiger partial charge on any atom is -0.494 e. The Kier molecular flexibility index (Phi) is 7.89. The van der Waals surface area contributed by atoms with Crippen molar-refractivity contribution in [2.75, 3.05) is 6.61 Å². The molecule has 0 N–H and O–H groups in total. The number of hydrogen-bond donors (Lipinski definition) is 0. The van der Waals surface area contributed by atoms with Gasteiger partial charge in [-0.3, -0.25) is 0 Å². The van der Waals surface area contributed by atoms with Crippen LogP contribution in [0.25, 0.3) is 0 Å². The zero-order valence-corrected chi connectivity index (χ0v) is 15.0. The van der Waals surface area contributed by atoms with Gasteiger partial charge < -0.3 is 4.74 Å². The van der Waals surface area contributed by atoms with E-state index < -0.39 is 0 Å². The highest BCUT2D eigenvalue weighted by molar-refractivity contribution is 5.41. The summed E-state index contributed by atoms with van der Waals surface area (Å²) in [6, 6.07) is 4.89. The average Bonchev–Trinajstić information content (AvgIpc) is 2.60. The van der Waals surface area contributed by atoms with Gasteiger partial charge in [0.15, 0.2) is 0 Å². The minimum atomic E-state index is -0.315. The maximum Gasteiger partial charge on any atom is 0.142 e. The number of allylic oxidation sites excluding steroid dienone is 2. The zero-order chi connectivity index (χ0) is 17.2. The first-order valence-corrected chi connectivity index (χ1v) is 9.33. The van der Waals surface area contributed by atoms with Gasteiger partial charge in [0.2, 0.25) is 0 Å². The van der Waals surface area contributed by atoms with Gasteiger partial charge in [0.1, 0.15) is 11.6 Å². The van der Waals surface area contributed by atoms with Crippen molar-refractivity contribution in [2.45, 2.75) is 58.8 Å². The van der Waals surface area contributed by atoms with E-state index in [1.165, 1.54) is 44.6 Å². The number of ether oxygens (including phenoxy) is 1.